The minimum atomic E-state index is -0.292. The van der Waals surface area contributed by atoms with E-state index in [1.54, 1.807) is 18.3 Å². The molecule has 0 spiro atoms. The van der Waals surface area contributed by atoms with Gasteiger partial charge in [0.15, 0.2) is 0 Å². The predicted molar refractivity (Wildman–Crippen MR) is 126 cm³/mol. The monoisotopic (exact) mass is 469 g/mol. The molecular formula is C24H31N5O5. The molecule has 0 atom stereocenters. The summed E-state index contributed by atoms with van der Waals surface area (Å²) in [6, 6.07) is 10.9. The van der Waals surface area contributed by atoms with Crippen LogP contribution in [0.15, 0.2) is 42.6 Å². The van der Waals surface area contributed by atoms with Crippen LogP contribution >= 0.6 is 0 Å². The molecule has 0 unspecified atom stereocenters. The number of morpholine rings is 1. The van der Waals surface area contributed by atoms with E-state index in [4.69, 9.17) is 14.2 Å². The van der Waals surface area contributed by atoms with E-state index in [1.807, 2.05) is 24.3 Å². The van der Waals surface area contributed by atoms with Crippen LogP contribution < -0.4 is 15.4 Å². The third-order valence-electron chi connectivity index (χ3n) is 5.64. The van der Waals surface area contributed by atoms with Crippen molar-refractivity contribution >= 4 is 23.3 Å². The van der Waals surface area contributed by atoms with Crippen LogP contribution in [0, 0.1) is 0 Å². The van der Waals surface area contributed by atoms with Crippen molar-refractivity contribution in [1.82, 2.24) is 20.1 Å². The number of benzene rings is 1. The summed E-state index contributed by atoms with van der Waals surface area (Å²) in [6.45, 7) is 5.67. The largest absolute Gasteiger partial charge is 0.489 e. The highest BCUT2D eigenvalue weighted by atomic mass is 16.5. The van der Waals surface area contributed by atoms with Crippen LogP contribution in [0.5, 0.6) is 5.75 Å². The van der Waals surface area contributed by atoms with Crippen LogP contribution in [0.1, 0.15) is 10.4 Å². The van der Waals surface area contributed by atoms with Crippen LogP contribution in [0.4, 0.5) is 11.5 Å². The first-order valence-corrected chi connectivity index (χ1v) is 11.6. The number of ether oxygens (including phenoxy) is 3. The van der Waals surface area contributed by atoms with Crippen molar-refractivity contribution in [2.75, 3.05) is 77.6 Å². The topological polar surface area (TPSA) is 105 Å². The molecule has 0 aliphatic carbocycles. The normalized spacial score (nSPS) is 17.6. The molecule has 2 aromatic rings. The molecule has 2 aliphatic heterocycles. The molecule has 182 valence electrons. The zero-order valence-corrected chi connectivity index (χ0v) is 19.2. The van der Waals surface area contributed by atoms with E-state index < -0.39 is 0 Å². The smallest absolute Gasteiger partial charge is 0.258 e. The van der Waals surface area contributed by atoms with Gasteiger partial charge in [0.05, 0.1) is 44.2 Å². The summed E-state index contributed by atoms with van der Waals surface area (Å²) in [4.78, 5) is 34.2. The second-order valence-electron chi connectivity index (χ2n) is 8.01. The molecule has 3 heterocycles. The summed E-state index contributed by atoms with van der Waals surface area (Å²) in [5.41, 5.74) is 1.07. The average molecular weight is 470 g/mol. The summed E-state index contributed by atoms with van der Waals surface area (Å²) in [5.74, 6) is 0.547. The Balaban J connectivity index is 1.45. The zero-order valence-electron chi connectivity index (χ0n) is 19.2. The van der Waals surface area contributed by atoms with Crippen molar-refractivity contribution in [3.8, 4) is 5.75 Å². The average Bonchev–Trinajstić information content (AvgIpc) is 2.87. The van der Waals surface area contributed by atoms with Crippen LogP contribution in [-0.2, 0) is 14.3 Å². The van der Waals surface area contributed by atoms with Crippen molar-refractivity contribution in [2.45, 2.75) is 0 Å². The minimum Gasteiger partial charge on any atom is -0.489 e. The van der Waals surface area contributed by atoms with E-state index in [-0.39, 0.29) is 24.9 Å². The second kappa shape index (κ2) is 12.3. The number of carbonyl (C=O) groups is 2. The molecule has 0 bridgehead atoms. The van der Waals surface area contributed by atoms with Gasteiger partial charge in [0.25, 0.3) is 5.91 Å². The number of anilines is 2. The Morgan fingerprint density at radius 3 is 2.68 bits per heavy atom. The number of nitrogens with zero attached hydrogens (tertiary/aromatic N) is 3. The van der Waals surface area contributed by atoms with E-state index in [9.17, 15) is 9.59 Å². The van der Waals surface area contributed by atoms with Crippen LogP contribution in [0.25, 0.3) is 0 Å². The van der Waals surface area contributed by atoms with Crippen molar-refractivity contribution in [1.29, 1.82) is 0 Å². The van der Waals surface area contributed by atoms with Gasteiger partial charge < -0.3 is 29.7 Å². The highest BCUT2D eigenvalue weighted by molar-refractivity contribution is 6.01. The first-order chi connectivity index (χ1) is 16.7. The molecule has 34 heavy (non-hydrogen) atoms. The maximum absolute atomic E-state index is 13.5. The Bertz CT molecular complexity index is 966. The lowest BCUT2D eigenvalue weighted by Crippen LogP contribution is -2.45. The van der Waals surface area contributed by atoms with E-state index in [0.29, 0.717) is 62.4 Å². The molecule has 1 fully saturated rings. The van der Waals surface area contributed by atoms with Gasteiger partial charge in [-0.1, -0.05) is 12.1 Å². The number of hydrogen-bond donors (Lipinski definition) is 2. The van der Waals surface area contributed by atoms with Gasteiger partial charge in [-0.05, 0) is 24.3 Å². The van der Waals surface area contributed by atoms with Gasteiger partial charge in [-0.3, -0.25) is 14.5 Å². The molecule has 0 saturated carbocycles. The SMILES string of the molecule is O=C(CN1CCOCCOc2ccccc2Nc2ncccc2C1=O)NCCN1CCOCC1. The number of rotatable bonds is 5. The Morgan fingerprint density at radius 2 is 1.79 bits per heavy atom. The van der Waals surface area contributed by atoms with Crippen molar-refractivity contribution in [3.05, 3.63) is 48.2 Å². The van der Waals surface area contributed by atoms with Crippen LogP contribution in [-0.4, -0.2) is 98.9 Å². The lowest BCUT2D eigenvalue weighted by Gasteiger charge is -2.27. The molecule has 1 aromatic carbocycles. The summed E-state index contributed by atoms with van der Waals surface area (Å²) >= 11 is 0. The standard InChI is InChI=1S/C24H31N5O5/c30-22(25-8-9-28-10-13-32-14-11-28)18-29-12-15-33-16-17-34-21-6-2-1-5-20(21)27-23-19(24(29)31)4-3-7-26-23/h1-7H,8-18H2,(H,25,30)(H,26,27). The van der Waals surface area contributed by atoms with E-state index in [0.717, 1.165) is 19.6 Å². The molecular weight excluding hydrogens is 438 g/mol. The van der Waals surface area contributed by atoms with Crippen molar-refractivity contribution < 1.29 is 23.8 Å². The van der Waals surface area contributed by atoms with E-state index in [1.165, 1.54) is 4.90 Å². The molecule has 2 N–H and O–H groups in total. The second-order valence-corrected chi connectivity index (χ2v) is 8.01. The molecule has 2 amide bonds. The quantitative estimate of drug-likeness (QED) is 0.672. The molecule has 2 aliphatic rings. The van der Waals surface area contributed by atoms with Gasteiger partial charge in [0.2, 0.25) is 5.91 Å². The van der Waals surface area contributed by atoms with Crippen LogP contribution in [0.3, 0.4) is 0 Å². The lowest BCUT2D eigenvalue weighted by atomic mass is 10.2. The maximum Gasteiger partial charge on any atom is 0.258 e. The Kier molecular flexibility index (Phi) is 8.66. The first kappa shape index (κ1) is 23.9. The number of aromatic nitrogens is 1. The Hall–Kier alpha value is -3.21. The Labute approximate surface area is 199 Å². The van der Waals surface area contributed by atoms with Gasteiger partial charge >= 0.3 is 0 Å². The zero-order chi connectivity index (χ0) is 23.6. The molecule has 1 saturated heterocycles. The number of para-hydroxylation sites is 2. The van der Waals surface area contributed by atoms with Gasteiger partial charge in [-0.2, -0.15) is 0 Å². The van der Waals surface area contributed by atoms with Gasteiger partial charge in [0, 0.05) is 38.9 Å². The Morgan fingerprint density at radius 1 is 1.00 bits per heavy atom. The number of amides is 2. The number of nitrogens with one attached hydrogen (secondary N) is 2. The first-order valence-electron chi connectivity index (χ1n) is 11.6. The number of pyridine rings is 1. The fraction of sp³-hybridized carbons (Fsp3) is 0.458. The maximum atomic E-state index is 13.5. The third-order valence-corrected chi connectivity index (χ3v) is 5.64. The predicted octanol–water partition coefficient (Wildman–Crippen LogP) is 1.12. The minimum absolute atomic E-state index is 0.0628. The van der Waals surface area contributed by atoms with Crippen LogP contribution in [0.2, 0.25) is 0 Å². The summed E-state index contributed by atoms with van der Waals surface area (Å²) < 4.78 is 16.9. The molecule has 0 radical (unpaired) electrons. The molecule has 10 nitrogen and oxygen atoms in total. The fourth-order valence-corrected chi connectivity index (χ4v) is 3.82. The molecule has 4 rings (SSSR count). The van der Waals surface area contributed by atoms with Crippen molar-refractivity contribution in [2.24, 2.45) is 0 Å². The van der Waals surface area contributed by atoms with Gasteiger partial charge in [-0.15, -0.1) is 0 Å². The molecule has 10 heteroatoms. The van der Waals surface area contributed by atoms with Gasteiger partial charge in [-0.25, -0.2) is 4.98 Å². The number of hydrogen-bond acceptors (Lipinski definition) is 8. The third kappa shape index (κ3) is 6.66. The van der Waals surface area contributed by atoms with Gasteiger partial charge in [0.1, 0.15) is 18.2 Å². The summed E-state index contributed by atoms with van der Waals surface area (Å²) in [6.07, 6.45) is 1.62. The van der Waals surface area contributed by atoms with Crippen molar-refractivity contribution in [3.63, 3.8) is 0 Å². The highest BCUT2D eigenvalue weighted by Gasteiger charge is 2.23. The fourth-order valence-electron chi connectivity index (χ4n) is 3.82. The van der Waals surface area contributed by atoms with E-state index in [2.05, 4.69) is 20.5 Å². The van der Waals surface area contributed by atoms with E-state index >= 15 is 0 Å². The highest BCUT2D eigenvalue weighted by Crippen LogP contribution is 2.28. The summed E-state index contributed by atoms with van der Waals surface area (Å²) in [5, 5.41) is 6.14. The lowest BCUT2D eigenvalue weighted by molar-refractivity contribution is -0.122. The molecule has 1 aromatic heterocycles. The number of fused-ring (bicyclic) bond motifs is 2. The number of carbonyl (C=O) groups excluding carboxylic acids is 2. The summed E-state index contributed by atoms with van der Waals surface area (Å²) in [7, 11) is 0.